The molecule has 0 unspecified atom stereocenters. The Morgan fingerprint density at radius 1 is 1.20 bits per heavy atom. The van der Waals surface area contributed by atoms with Crippen LogP contribution in [0.1, 0.15) is 17.5 Å². The highest BCUT2D eigenvalue weighted by Crippen LogP contribution is 2.21. The van der Waals surface area contributed by atoms with Crippen LogP contribution >= 0.6 is 0 Å². The summed E-state index contributed by atoms with van der Waals surface area (Å²) in [4.78, 5) is 20.7. The predicted octanol–water partition coefficient (Wildman–Crippen LogP) is 3.01. The van der Waals surface area contributed by atoms with Gasteiger partial charge in [0, 0.05) is 32.4 Å². The zero-order valence-corrected chi connectivity index (χ0v) is 14.3. The Labute approximate surface area is 147 Å². The zero-order chi connectivity index (χ0) is 17.6. The van der Waals surface area contributed by atoms with Gasteiger partial charge in [-0.25, -0.2) is 9.78 Å². The number of urea groups is 1. The van der Waals surface area contributed by atoms with Crippen LogP contribution in [-0.4, -0.2) is 42.1 Å². The Kier molecular flexibility index (Phi) is 5.14. The molecule has 25 heavy (non-hydrogen) atoms. The first-order valence-electron chi connectivity index (χ1n) is 8.40. The molecule has 2 heterocycles. The molecule has 3 rings (SSSR count). The number of aromatic nitrogens is 1. The highest BCUT2D eigenvalue weighted by Gasteiger charge is 2.20. The van der Waals surface area contributed by atoms with E-state index in [1.54, 1.807) is 11.1 Å². The van der Waals surface area contributed by atoms with Gasteiger partial charge in [-0.05, 0) is 43.2 Å². The lowest BCUT2D eigenvalue weighted by Crippen LogP contribution is -2.38. The molecule has 2 amide bonds. The van der Waals surface area contributed by atoms with E-state index in [1.165, 1.54) is 0 Å². The van der Waals surface area contributed by atoms with Crippen molar-refractivity contribution in [2.45, 2.75) is 13.3 Å². The molecule has 1 aliphatic rings. The number of anilines is 2. The lowest BCUT2D eigenvalue weighted by molar-refractivity contribution is 0.215. The van der Waals surface area contributed by atoms with Crippen LogP contribution < -0.4 is 10.2 Å². The van der Waals surface area contributed by atoms with Crippen LogP contribution in [0.2, 0.25) is 0 Å². The standard InChI is InChI=1S/C19H21N5O/c1-15-7-8-21-18(13-15)22-19(25)24-10-4-9-23(11-12-24)17-6-3-2-5-16(17)14-20/h2-3,5-8,13H,4,9-12H2,1H3,(H,21,22,25). The van der Waals surface area contributed by atoms with Gasteiger partial charge in [0.15, 0.2) is 0 Å². The number of carbonyl (C=O) groups is 1. The van der Waals surface area contributed by atoms with Crippen molar-refractivity contribution >= 4 is 17.5 Å². The van der Waals surface area contributed by atoms with E-state index in [0.717, 1.165) is 24.2 Å². The SMILES string of the molecule is Cc1ccnc(NC(=O)N2CCCN(c3ccccc3C#N)CC2)c1. The van der Waals surface area contributed by atoms with Crippen LogP contribution in [0.15, 0.2) is 42.6 Å². The molecule has 1 aromatic heterocycles. The maximum atomic E-state index is 12.5. The van der Waals surface area contributed by atoms with E-state index in [9.17, 15) is 10.1 Å². The van der Waals surface area contributed by atoms with Gasteiger partial charge in [-0.2, -0.15) is 5.26 Å². The Hall–Kier alpha value is -3.07. The van der Waals surface area contributed by atoms with Crippen molar-refractivity contribution in [2.75, 3.05) is 36.4 Å². The monoisotopic (exact) mass is 335 g/mol. The number of amides is 2. The van der Waals surface area contributed by atoms with Gasteiger partial charge in [0.05, 0.1) is 11.3 Å². The highest BCUT2D eigenvalue weighted by molar-refractivity contribution is 5.88. The molecule has 0 atom stereocenters. The summed E-state index contributed by atoms with van der Waals surface area (Å²) in [5, 5.41) is 12.2. The molecule has 6 heteroatoms. The van der Waals surface area contributed by atoms with E-state index >= 15 is 0 Å². The van der Waals surface area contributed by atoms with Gasteiger partial charge in [0.2, 0.25) is 0 Å². The van der Waals surface area contributed by atoms with Crippen molar-refractivity contribution < 1.29 is 4.79 Å². The van der Waals surface area contributed by atoms with Crippen molar-refractivity contribution in [1.29, 1.82) is 5.26 Å². The molecule has 1 aromatic carbocycles. The number of para-hydroxylation sites is 1. The van der Waals surface area contributed by atoms with E-state index in [1.807, 2.05) is 43.3 Å². The van der Waals surface area contributed by atoms with E-state index < -0.39 is 0 Å². The van der Waals surface area contributed by atoms with Gasteiger partial charge >= 0.3 is 6.03 Å². The molecular formula is C19H21N5O. The Balaban J connectivity index is 1.65. The van der Waals surface area contributed by atoms with Gasteiger partial charge in [-0.15, -0.1) is 0 Å². The molecule has 0 bridgehead atoms. The number of hydrogen-bond donors (Lipinski definition) is 1. The van der Waals surface area contributed by atoms with Gasteiger partial charge in [0.25, 0.3) is 0 Å². The summed E-state index contributed by atoms with van der Waals surface area (Å²) in [6.07, 6.45) is 2.54. The zero-order valence-electron chi connectivity index (χ0n) is 14.3. The summed E-state index contributed by atoms with van der Waals surface area (Å²) >= 11 is 0. The van der Waals surface area contributed by atoms with Crippen LogP contribution in [0.5, 0.6) is 0 Å². The number of nitrogens with one attached hydrogen (secondary N) is 1. The normalized spacial score (nSPS) is 14.6. The molecule has 2 aromatic rings. The number of nitriles is 1. The van der Waals surface area contributed by atoms with Crippen molar-refractivity contribution in [3.05, 3.63) is 53.7 Å². The number of nitrogens with zero attached hydrogens (tertiary/aromatic N) is 4. The lowest BCUT2D eigenvalue weighted by Gasteiger charge is -2.24. The summed E-state index contributed by atoms with van der Waals surface area (Å²) < 4.78 is 0. The second-order valence-electron chi connectivity index (χ2n) is 6.11. The molecule has 6 nitrogen and oxygen atoms in total. The van der Waals surface area contributed by atoms with Gasteiger partial charge in [-0.3, -0.25) is 5.32 Å². The van der Waals surface area contributed by atoms with Crippen LogP contribution in [0, 0.1) is 18.3 Å². The van der Waals surface area contributed by atoms with Crippen LogP contribution in [0.25, 0.3) is 0 Å². The molecule has 128 valence electrons. The third kappa shape index (κ3) is 4.07. The second-order valence-corrected chi connectivity index (χ2v) is 6.11. The minimum absolute atomic E-state index is 0.131. The van der Waals surface area contributed by atoms with Crippen molar-refractivity contribution in [3.63, 3.8) is 0 Å². The van der Waals surface area contributed by atoms with Gasteiger partial charge < -0.3 is 9.80 Å². The third-order valence-electron chi connectivity index (χ3n) is 4.30. The molecule has 1 aliphatic heterocycles. The van der Waals surface area contributed by atoms with Gasteiger partial charge in [0.1, 0.15) is 11.9 Å². The fourth-order valence-electron chi connectivity index (χ4n) is 3.00. The van der Waals surface area contributed by atoms with E-state index in [4.69, 9.17) is 0 Å². The van der Waals surface area contributed by atoms with Crippen LogP contribution in [0.4, 0.5) is 16.3 Å². The quantitative estimate of drug-likeness (QED) is 0.916. The first-order chi connectivity index (χ1) is 12.2. The number of rotatable bonds is 2. The summed E-state index contributed by atoms with van der Waals surface area (Å²) in [6.45, 7) is 4.78. The topological polar surface area (TPSA) is 72.3 Å². The molecule has 1 saturated heterocycles. The number of benzene rings is 1. The molecule has 1 fully saturated rings. The Morgan fingerprint density at radius 2 is 2.04 bits per heavy atom. The Bertz CT molecular complexity index is 798. The van der Waals surface area contributed by atoms with Crippen molar-refractivity contribution in [3.8, 4) is 6.07 Å². The largest absolute Gasteiger partial charge is 0.369 e. The lowest BCUT2D eigenvalue weighted by atomic mass is 10.1. The number of aryl methyl sites for hydroxylation is 1. The van der Waals surface area contributed by atoms with E-state index in [0.29, 0.717) is 31.0 Å². The molecular weight excluding hydrogens is 314 g/mol. The third-order valence-corrected chi connectivity index (χ3v) is 4.30. The second kappa shape index (κ2) is 7.67. The Morgan fingerprint density at radius 3 is 2.84 bits per heavy atom. The fraction of sp³-hybridized carbons (Fsp3) is 0.316. The minimum Gasteiger partial charge on any atom is -0.369 e. The molecule has 0 radical (unpaired) electrons. The van der Waals surface area contributed by atoms with Crippen LogP contribution in [-0.2, 0) is 0 Å². The number of carbonyl (C=O) groups excluding carboxylic acids is 1. The maximum Gasteiger partial charge on any atom is 0.323 e. The van der Waals surface area contributed by atoms with Crippen molar-refractivity contribution in [2.24, 2.45) is 0 Å². The number of hydrogen-bond acceptors (Lipinski definition) is 4. The maximum absolute atomic E-state index is 12.5. The van der Waals surface area contributed by atoms with E-state index in [-0.39, 0.29) is 6.03 Å². The summed E-state index contributed by atoms with van der Waals surface area (Å²) in [6, 6.07) is 13.5. The number of pyridine rings is 1. The average Bonchev–Trinajstić information content (AvgIpc) is 2.88. The van der Waals surface area contributed by atoms with Crippen molar-refractivity contribution in [1.82, 2.24) is 9.88 Å². The highest BCUT2D eigenvalue weighted by atomic mass is 16.2. The first kappa shape index (κ1) is 16.8. The van der Waals surface area contributed by atoms with Crippen LogP contribution in [0.3, 0.4) is 0 Å². The fourth-order valence-corrected chi connectivity index (χ4v) is 3.00. The first-order valence-corrected chi connectivity index (χ1v) is 8.40. The molecule has 0 spiro atoms. The minimum atomic E-state index is -0.131. The summed E-state index contributed by atoms with van der Waals surface area (Å²) in [7, 11) is 0. The van der Waals surface area contributed by atoms with Gasteiger partial charge in [-0.1, -0.05) is 12.1 Å². The summed E-state index contributed by atoms with van der Waals surface area (Å²) in [5.41, 5.74) is 2.66. The smallest absolute Gasteiger partial charge is 0.323 e. The molecule has 0 aliphatic carbocycles. The summed E-state index contributed by atoms with van der Waals surface area (Å²) in [5.74, 6) is 0.570. The predicted molar refractivity (Wildman–Crippen MR) is 97.6 cm³/mol. The molecule has 0 saturated carbocycles. The molecule has 1 N–H and O–H groups in total. The van der Waals surface area contributed by atoms with E-state index in [2.05, 4.69) is 21.3 Å². The average molecular weight is 335 g/mol.